The van der Waals surface area contributed by atoms with E-state index >= 15 is 0 Å². The second kappa shape index (κ2) is 8.29. The Morgan fingerprint density at radius 1 is 1.31 bits per heavy atom. The summed E-state index contributed by atoms with van der Waals surface area (Å²) in [6.07, 6.45) is 1.46. The van der Waals surface area contributed by atoms with E-state index in [9.17, 15) is 4.79 Å². The molecule has 1 aromatic heterocycles. The van der Waals surface area contributed by atoms with Crippen LogP contribution >= 0.6 is 27.5 Å². The third kappa shape index (κ3) is 4.80. The van der Waals surface area contributed by atoms with Gasteiger partial charge in [0.2, 0.25) is 0 Å². The molecule has 0 fully saturated rings. The van der Waals surface area contributed by atoms with Crippen molar-refractivity contribution in [2.75, 3.05) is 6.61 Å². The van der Waals surface area contributed by atoms with Crippen LogP contribution in [-0.4, -0.2) is 23.7 Å². The Morgan fingerprint density at radius 2 is 2.15 bits per heavy atom. The van der Waals surface area contributed by atoms with Gasteiger partial charge in [-0.2, -0.15) is 5.10 Å². The molecule has 0 spiro atoms. The van der Waals surface area contributed by atoms with Gasteiger partial charge in [-0.3, -0.25) is 4.79 Å². The van der Waals surface area contributed by atoms with Crippen molar-refractivity contribution in [3.63, 3.8) is 0 Å². The summed E-state index contributed by atoms with van der Waals surface area (Å²) in [5.74, 6) is 0.220. The highest BCUT2D eigenvalue weighted by atomic mass is 79.9. The normalized spacial score (nSPS) is 11.0. The molecule has 0 aliphatic carbocycles. The molecule has 0 aliphatic rings. The first-order chi connectivity index (χ1) is 12.5. The average molecular weight is 433 g/mol. The molecule has 1 N–H and O–H groups in total. The Kier molecular flexibility index (Phi) is 5.85. The molecule has 1 amide bonds. The molecule has 7 heteroatoms. The predicted octanol–water partition coefficient (Wildman–Crippen LogP) is 4.49. The van der Waals surface area contributed by atoms with Gasteiger partial charge < -0.3 is 4.74 Å². The van der Waals surface area contributed by atoms with E-state index in [0.717, 1.165) is 20.9 Å². The van der Waals surface area contributed by atoms with Crippen LogP contribution in [0, 0.1) is 6.92 Å². The largest absolute Gasteiger partial charge is 0.484 e. The first kappa shape index (κ1) is 18.4. The van der Waals surface area contributed by atoms with E-state index in [4.69, 9.17) is 16.3 Å². The quantitative estimate of drug-likeness (QED) is 0.367. The number of nitrogens with zero attached hydrogens (tertiary/aromatic N) is 2. The molecule has 1 heterocycles. The van der Waals surface area contributed by atoms with Crippen LogP contribution < -0.4 is 10.2 Å². The predicted molar refractivity (Wildman–Crippen MR) is 107 cm³/mol. The van der Waals surface area contributed by atoms with Gasteiger partial charge in [-0.15, -0.1) is 0 Å². The van der Waals surface area contributed by atoms with Gasteiger partial charge in [-0.1, -0.05) is 45.7 Å². The number of ether oxygens (including phenoxy) is 1. The fraction of sp³-hybridized carbons (Fsp3) is 0.105. The minimum absolute atomic E-state index is 0.142. The van der Waals surface area contributed by atoms with Crippen LogP contribution in [0.3, 0.4) is 0 Å². The average Bonchev–Trinajstić information content (AvgIpc) is 2.60. The van der Waals surface area contributed by atoms with Gasteiger partial charge in [-0.25, -0.2) is 10.4 Å². The monoisotopic (exact) mass is 431 g/mol. The molecule has 0 saturated heterocycles. The van der Waals surface area contributed by atoms with Crippen molar-refractivity contribution in [1.82, 2.24) is 10.4 Å². The summed E-state index contributed by atoms with van der Waals surface area (Å²) in [7, 11) is 0. The summed E-state index contributed by atoms with van der Waals surface area (Å²) in [5, 5.41) is 5.19. The Bertz CT molecular complexity index is 992. The highest BCUT2D eigenvalue weighted by Gasteiger charge is 2.05. The van der Waals surface area contributed by atoms with Crippen LogP contribution in [0.1, 0.15) is 11.1 Å². The number of hydrogen-bond donors (Lipinski definition) is 1. The number of halogens is 2. The number of hydrogen-bond acceptors (Lipinski definition) is 4. The van der Waals surface area contributed by atoms with Crippen molar-refractivity contribution in [3.8, 4) is 5.75 Å². The van der Waals surface area contributed by atoms with Crippen LogP contribution in [0.25, 0.3) is 10.9 Å². The Morgan fingerprint density at radius 3 is 2.96 bits per heavy atom. The maximum atomic E-state index is 11.8. The van der Waals surface area contributed by atoms with E-state index in [1.165, 1.54) is 6.21 Å². The van der Waals surface area contributed by atoms with Crippen molar-refractivity contribution >= 4 is 50.6 Å². The zero-order valence-corrected chi connectivity index (χ0v) is 16.2. The van der Waals surface area contributed by atoms with Crippen LogP contribution in [0.15, 0.2) is 58.1 Å². The number of hydrazone groups is 1. The van der Waals surface area contributed by atoms with Gasteiger partial charge in [-0.05, 0) is 42.8 Å². The van der Waals surface area contributed by atoms with E-state index in [2.05, 4.69) is 31.4 Å². The molecule has 0 saturated carbocycles. The van der Waals surface area contributed by atoms with Crippen molar-refractivity contribution < 1.29 is 9.53 Å². The lowest BCUT2D eigenvalue weighted by atomic mass is 10.1. The Balaban J connectivity index is 1.61. The third-order valence-electron chi connectivity index (χ3n) is 3.51. The lowest BCUT2D eigenvalue weighted by molar-refractivity contribution is -0.123. The van der Waals surface area contributed by atoms with Gasteiger partial charge in [0, 0.05) is 15.4 Å². The van der Waals surface area contributed by atoms with Crippen molar-refractivity contribution in [3.05, 3.63) is 69.3 Å². The molecular weight excluding hydrogens is 418 g/mol. The second-order valence-electron chi connectivity index (χ2n) is 5.60. The molecule has 5 nitrogen and oxygen atoms in total. The molecule has 3 aromatic rings. The van der Waals surface area contributed by atoms with Gasteiger partial charge in [0.15, 0.2) is 6.61 Å². The van der Waals surface area contributed by atoms with E-state index < -0.39 is 0 Å². The van der Waals surface area contributed by atoms with Crippen molar-refractivity contribution in [2.45, 2.75) is 6.92 Å². The summed E-state index contributed by atoms with van der Waals surface area (Å²) in [6.45, 7) is 1.85. The third-order valence-corrected chi connectivity index (χ3v) is 4.31. The highest BCUT2D eigenvalue weighted by Crippen LogP contribution is 2.20. The summed E-state index contributed by atoms with van der Waals surface area (Å²) in [4.78, 5) is 16.2. The number of benzene rings is 2. The van der Waals surface area contributed by atoms with Gasteiger partial charge in [0.05, 0.1) is 11.7 Å². The number of amides is 1. The SMILES string of the molecule is Cc1ccc2cc(/C=N\NC(=O)COc3cccc(Br)c3)c(Cl)nc2c1. The number of fused-ring (bicyclic) bond motifs is 1. The van der Waals surface area contributed by atoms with Crippen LogP contribution in [-0.2, 0) is 4.79 Å². The minimum Gasteiger partial charge on any atom is -0.484 e. The van der Waals surface area contributed by atoms with E-state index in [-0.39, 0.29) is 12.5 Å². The van der Waals surface area contributed by atoms with Crippen molar-refractivity contribution in [2.24, 2.45) is 5.10 Å². The van der Waals surface area contributed by atoms with E-state index in [0.29, 0.717) is 16.5 Å². The summed E-state index contributed by atoms with van der Waals surface area (Å²) >= 11 is 9.52. The van der Waals surface area contributed by atoms with Crippen molar-refractivity contribution in [1.29, 1.82) is 0 Å². The molecule has 0 atom stereocenters. The minimum atomic E-state index is -0.373. The summed E-state index contributed by atoms with van der Waals surface area (Å²) in [5.41, 5.74) is 4.96. The van der Waals surface area contributed by atoms with E-state index in [1.54, 1.807) is 12.1 Å². The number of aryl methyl sites for hydroxylation is 1. The maximum absolute atomic E-state index is 11.8. The molecular formula is C19H15BrClN3O2. The first-order valence-electron chi connectivity index (χ1n) is 7.78. The molecule has 3 rings (SSSR count). The zero-order chi connectivity index (χ0) is 18.5. The smallest absolute Gasteiger partial charge is 0.277 e. The molecule has 0 unspecified atom stereocenters. The van der Waals surface area contributed by atoms with Gasteiger partial charge >= 0.3 is 0 Å². The van der Waals surface area contributed by atoms with Gasteiger partial charge in [0.1, 0.15) is 10.9 Å². The van der Waals surface area contributed by atoms with Gasteiger partial charge in [0.25, 0.3) is 5.91 Å². The fourth-order valence-corrected chi connectivity index (χ4v) is 2.84. The first-order valence-corrected chi connectivity index (χ1v) is 8.95. The van der Waals surface area contributed by atoms with Crippen LogP contribution in [0.4, 0.5) is 0 Å². The molecule has 132 valence electrons. The topological polar surface area (TPSA) is 63.6 Å². The number of pyridine rings is 1. The lowest BCUT2D eigenvalue weighted by Crippen LogP contribution is -2.24. The Hall–Kier alpha value is -2.44. The fourth-order valence-electron chi connectivity index (χ4n) is 2.27. The zero-order valence-electron chi connectivity index (χ0n) is 13.9. The molecule has 0 radical (unpaired) electrons. The number of carbonyl (C=O) groups is 1. The van der Waals surface area contributed by atoms with E-state index in [1.807, 2.05) is 43.3 Å². The van der Waals surface area contributed by atoms with Crippen LogP contribution in [0.2, 0.25) is 5.15 Å². The molecule has 0 bridgehead atoms. The number of rotatable bonds is 5. The number of nitrogens with one attached hydrogen (secondary N) is 1. The molecule has 26 heavy (non-hydrogen) atoms. The lowest BCUT2D eigenvalue weighted by Gasteiger charge is -2.05. The molecule has 2 aromatic carbocycles. The second-order valence-corrected chi connectivity index (χ2v) is 6.88. The van der Waals surface area contributed by atoms with Crippen LogP contribution in [0.5, 0.6) is 5.75 Å². The summed E-state index contributed by atoms with van der Waals surface area (Å²) < 4.78 is 6.27. The summed E-state index contributed by atoms with van der Waals surface area (Å²) in [6, 6.07) is 15.0. The number of carbonyl (C=O) groups excluding carboxylic acids is 1. The standard InChI is InChI=1S/C19H15BrClN3O2/c1-12-5-6-13-8-14(19(21)23-17(13)7-12)10-22-24-18(25)11-26-16-4-2-3-15(20)9-16/h2-10H,11H2,1H3,(H,24,25)/b22-10-. The highest BCUT2D eigenvalue weighted by molar-refractivity contribution is 9.10. The Labute approximate surface area is 164 Å². The molecule has 0 aliphatic heterocycles. The maximum Gasteiger partial charge on any atom is 0.277 e. The number of aromatic nitrogens is 1.